The molecule has 2 N–H and O–H groups in total. The Kier molecular flexibility index (Phi) is 4.54. The van der Waals surface area contributed by atoms with Crippen LogP contribution in [0.5, 0.6) is 11.5 Å². The van der Waals surface area contributed by atoms with Crippen LogP contribution in [0.25, 0.3) is 0 Å². The number of benzene rings is 3. The Morgan fingerprint density at radius 2 is 1.24 bits per heavy atom. The number of para-hydroxylation sites is 1. The van der Waals surface area contributed by atoms with Gasteiger partial charge in [0, 0.05) is 16.9 Å². The van der Waals surface area contributed by atoms with Crippen LogP contribution in [0.3, 0.4) is 0 Å². The summed E-state index contributed by atoms with van der Waals surface area (Å²) >= 11 is 0. The molecule has 0 saturated carbocycles. The van der Waals surface area contributed by atoms with Crippen LogP contribution in [0.15, 0.2) is 72.8 Å². The molecule has 0 aliphatic rings. The van der Waals surface area contributed by atoms with Gasteiger partial charge in [-0.2, -0.15) is 0 Å². The highest BCUT2D eigenvalue weighted by molar-refractivity contribution is 5.46. The number of rotatable bonds is 4. The minimum Gasteiger partial charge on any atom is -0.508 e. The first-order chi connectivity index (χ1) is 11.9. The van der Waals surface area contributed by atoms with Crippen molar-refractivity contribution >= 4 is 0 Å². The predicted molar refractivity (Wildman–Crippen MR) is 102 cm³/mol. The SMILES string of the molecule is CC(c1ccc(O)cc1)c1ccc(C(C)(C)c2ccccc2O)cc1. The smallest absolute Gasteiger partial charge is 0.119 e. The highest BCUT2D eigenvalue weighted by Gasteiger charge is 2.26. The van der Waals surface area contributed by atoms with E-state index in [1.54, 1.807) is 18.2 Å². The van der Waals surface area contributed by atoms with E-state index in [-0.39, 0.29) is 17.1 Å². The maximum Gasteiger partial charge on any atom is 0.119 e. The molecule has 1 atom stereocenters. The summed E-state index contributed by atoms with van der Waals surface area (Å²) in [5.74, 6) is 0.868. The monoisotopic (exact) mass is 332 g/mol. The Morgan fingerprint density at radius 3 is 1.80 bits per heavy atom. The Bertz CT molecular complexity index is 846. The van der Waals surface area contributed by atoms with Crippen LogP contribution in [0, 0.1) is 0 Å². The summed E-state index contributed by atoms with van der Waals surface area (Å²) in [5, 5.41) is 19.6. The largest absolute Gasteiger partial charge is 0.508 e. The van der Waals surface area contributed by atoms with Gasteiger partial charge in [-0.3, -0.25) is 0 Å². The van der Waals surface area contributed by atoms with E-state index >= 15 is 0 Å². The van der Waals surface area contributed by atoms with Gasteiger partial charge in [0.1, 0.15) is 11.5 Å². The first kappa shape index (κ1) is 17.1. The lowest BCUT2D eigenvalue weighted by molar-refractivity contribution is 0.453. The molecule has 0 amide bonds. The third-order valence-electron chi connectivity index (χ3n) is 5.10. The molecule has 2 nitrogen and oxygen atoms in total. The van der Waals surface area contributed by atoms with E-state index in [0.29, 0.717) is 5.75 Å². The fraction of sp³-hybridized carbons (Fsp3) is 0.217. The third kappa shape index (κ3) is 3.39. The van der Waals surface area contributed by atoms with Gasteiger partial charge in [-0.05, 0) is 34.9 Å². The molecule has 3 rings (SSSR count). The zero-order chi connectivity index (χ0) is 18.0. The molecule has 0 aromatic heterocycles. The summed E-state index contributed by atoms with van der Waals surface area (Å²) in [6, 6.07) is 23.4. The number of aromatic hydroxyl groups is 2. The summed E-state index contributed by atoms with van der Waals surface area (Å²) < 4.78 is 0. The Labute approximate surface area is 149 Å². The molecule has 1 unspecified atom stereocenters. The zero-order valence-corrected chi connectivity index (χ0v) is 14.9. The third-order valence-corrected chi connectivity index (χ3v) is 5.10. The number of hydrogen-bond donors (Lipinski definition) is 2. The minimum absolute atomic E-state index is 0.253. The van der Waals surface area contributed by atoms with Gasteiger partial charge < -0.3 is 10.2 Å². The van der Waals surface area contributed by atoms with E-state index in [1.165, 1.54) is 11.1 Å². The standard InChI is InChI=1S/C23H24O2/c1-16(18-10-14-20(24)15-11-18)17-8-12-19(13-9-17)23(2,3)21-6-4-5-7-22(21)25/h4-16,24-25H,1-3H3. The van der Waals surface area contributed by atoms with Gasteiger partial charge in [-0.25, -0.2) is 0 Å². The average Bonchev–Trinajstić information content (AvgIpc) is 2.62. The quantitative estimate of drug-likeness (QED) is 0.655. The van der Waals surface area contributed by atoms with Gasteiger partial charge in [0.25, 0.3) is 0 Å². The summed E-state index contributed by atoms with van der Waals surface area (Å²) in [5.41, 5.74) is 4.21. The Hall–Kier alpha value is -2.74. The molecule has 128 valence electrons. The van der Waals surface area contributed by atoms with Crippen LogP contribution in [0.2, 0.25) is 0 Å². The molecule has 0 fully saturated rings. The van der Waals surface area contributed by atoms with Gasteiger partial charge in [-0.15, -0.1) is 0 Å². The van der Waals surface area contributed by atoms with Crippen molar-refractivity contribution < 1.29 is 10.2 Å². The molecule has 25 heavy (non-hydrogen) atoms. The van der Waals surface area contributed by atoms with E-state index in [0.717, 1.165) is 11.1 Å². The van der Waals surface area contributed by atoms with Crippen molar-refractivity contribution in [2.45, 2.75) is 32.1 Å². The predicted octanol–water partition coefficient (Wildman–Crippen LogP) is 5.58. The molecule has 3 aromatic rings. The Morgan fingerprint density at radius 1 is 0.720 bits per heavy atom. The molecule has 0 saturated heterocycles. The normalized spacial score (nSPS) is 12.8. The molecular formula is C23H24O2. The van der Waals surface area contributed by atoms with Gasteiger partial charge in [-0.1, -0.05) is 75.4 Å². The minimum atomic E-state index is -0.272. The van der Waals surface area contributed by atoms with Gasteiger partial charge >= 0.3 is 0 Å². The van der Waals surface area contributed by atoms with Crippen LogP contribution in [-0.4, -0.2) is 10.2 Å². The van der Waals surface area contributed by atoms with Crippen LogP contribution < -0.4 is 0 Å². The lowest BCUT2D eigenvalue weighted by atomic mass is 9.77. The van der Waals surface area contributed by atoms with Crippen molar-refractivity contribution in [1.29, 1.82) is 0 Å². The lowest BCUT2D eigenvalue weighted by Gasteiger charge is -2.27. The number of phenolic OH excluding ortho intramolecular Hbond substituents is 2. The van der Waals surface area contributed by atoms with Crippen molar-refractivity contribution in [2.24, 2.45) is 0 Å². The van der Waals surface area contributed by atoms with E-state index in [9.17, 15) is 10.2 Å². The van der Waals surface area contributed by atoms with E-state index < -0.39 is 0 Å². The van der Waals surface area contributed by atoms with Crippen molar-refractivity contribution in [2.75, 3.05) is 0 Å². The molecule has 0 spiro atoms. The first-order valence-corrected chi connectivity index (χ1v) is 8.57. The van der Waals surface area contributed by atoms with Crippen molar-refractivity contribution in [3.63, 3.8) is 0 Å². The van der Waals surface area contributed by atoms with Crippen LogP contribution in [0.4, 0.5) is 0 Å². The maximum absolute atomic E-state index is 10.2. The highest BCUT2D eigenvalue weighted by atomic mass is 16.3. The molecule has 0 radical (unpaired) electrons. The van der Waals surface area contributed by atoms with Crippen LogP contribution in [0.1, 0.15) is 48.9 Å². The van der Waals surface area contributed by atoms with Crippen molar-refractivity contribution in [3.8, 4) is 11.5 Å². The van der Waals surface area contributed by atoms with Crippen LogP contribution in [-0.2, 0) is 5.41 Å². The maximum atomic E-state index is 10.2. The second-order valence-electron chi connectivity index (χ2n) is 7.08. The lowest BCUT2D eigenvalue weighted by Crippen LogP contribution is -2.19. The van der Waals surface area contributed by atoms with E-state index in [2.05, 4.69) is 45.0 Å². The van der Waals surface area contributed by atoms with Crippen molar-refractivity contribution in [3.05, 3.63) is 95.1 Å². The molecule has 0 bridgehead atoms. The fourth-order valence-corrected chi connectivity index (χ4v) is 3.30. The highest BCUT2D eigenvalue weighted by Crippen LogP contribution is 2.37. The topological polar surface area (TPSA) is 40.5 Å². The molecule has 0 aliphatic heterocycles. The first-order valence-electron chi connectivity index (χ1n) is 8.57. The zero-order valence-electron chi connectivity index (χ0n) is 14.9. The Balaban J connectivity index is 1.89. The molecule has 2 heteroatoms. The van der Waals surface area contributed by atoms with Gasteiger partial charge in [0.15, 0.2) is 0 Å². The number of phenols is 2. The summed E-state index contributed by atoms with van der Waals surface area (Å²) in [6.07, 6.45) is 0. The molecule has 3 aromatic carbocycles. The summed E-state index contributed by atoms with van der Waals surface area (Å²) in [7, 11) is 0. The molecule has 0 aliphatic carbocycles. The van der Waals surface area contributed by atoms with E-state index in [4.69, 9.17) is 0 Å². The molecule has 0 heterocycles. The molecular weight excluding hydrogens is 308 g/mol. The summed E-state index contributed by atoms with van der Waals surface area (Å²) in [4.78, 5) is 0. The van der Waals surface area contributed by atoms with E-state index in [1.807, 2.05) is 30.3 Å². The average molecular weight is 332 g/mol. The van der Waals surface area contributed by atoms with Gasteiger partial charge in [0.2, 0.25) is 0 Å². The fourth-order valence-electron chi connectivity index (χ4n) is 3.30. The van der Waals surface area contributed by atoms with Gasteiger partial charge in [0.05, 0.1) is 0 Å². The van der Waals surface area contributed by atoms with Crippen LogP contribution >= 0.6 is 0 Å². The van der Waals surface area contributed by atoms with Crippen molar-refractivity contribution in [1.82, 2.24) is 0 Å². The second-order valence-corrected chi connectivity index (χ2v) is 7.08. The second kappa shape index (κ2) is 6.64. The number of hydrogen-bond acceptors (Lipinski definition) is 2. The summed E-state index contributed by atoms with van der Waals surface area (Å²) in [6.45, 7) is 6.41.